The quantitative estimate of drug-likeness (QED) is 0.616. The van der Waals surface area contributed by atoms with Crippen molar-refractivity contribution >= 4 is 32.5 Å². The summed E-state index contributed by atoms with van der Waals surface area (Å²) in [6, 6.07) is 7.49. The number of carbonyl (C=O) groups is 1. The summed E-state index contributed by atoms with van der Waals surface area (Å²) in [5, 5.41) is 4.51. The molecule has 156 valence electrons. The first-order chi connectivity index (χ1) is 14.4. The standard InChI is InChI=1S/C20H21N5O4S/c26-18(24-8-3-5-14-4-1-2-6-17(14)24)11-23-13-21-19-16(20(23)27)10-22-25(19)15-7-9-30(28,29)12-15/h1-2,4,6,10,13,15H,3,5,7-9,11-12H2. The zero-order valence-electron chi connectivity index (χ0n) is 16.3. The highest BCUT2D eigenvalue weighted by Gasteiger charge is 2.31. The number of anilines is 1. The first-order valence-electron chi connectivity index (χ1n) is 9.94. The number of carbonyl (C=O) groups excluding carboxylic acids is 1. The lowest BCUT2D eigenvalue weighted by Crippen LogP contribution is -2.39. The number of benzene rings is 1. The Hall–Kier alpha value is -3.01. The minimum absolute atomic E-state index is 0.00139. The van der Waals surface area contributed by atoms with Crippen LogP contribution in [-0.2, 0) is 27.6 Å². The Morgan fingerprint density at radius 1 is 1.23 bits per heavy atom. The lowest BCUT2D eigenvalue weighted by Gasteiger charge is -2.29. The molecule has 0 aliphatic carbocycles. The summed E-state index contributed by atoms with van der Waals surface area (Å²) in [4.78, 5) is 31.9. The van der Waals surface area contributed by atoms with E-state index in [2.05, 4.69) is 10.1 Å². The average molecular weight is 427 g/mol. The molecular formula is C20H21N5O4S. The fourth-order valence-electron chi connectivity index (χ4n) is 4.34. The molecule has 0 N–H and O–H groups in total. The van der Waals surface area contributed by atoms with E-state index in [0.717, 1.165) is 24.1 Å². The van der Waals surface area contributed by atoms with Crippen LogP contribution in [-0.4, -0.2) is 51.7 Å². The summed E-state index contributed by atoms with van der Waals surface area (Å²) < 4.78 is 26.4. The third-order valence-electron chi connectivity index (χ3n) is 5.85. The van der Waals surface area contributed by atoms with Gasteiger partial charge in [0.15, 0.2) is 15.5 Å². The molecule has 0 saturated carbocycles. The Morgan fingerprint density at radius 3 is 2.87 bits per heavy atom. The van der Waals surface area contributed by atoms with E-state index in [-0.39, 0.29) is 40.9 Å². The number of aryl methyl sites for hydroxylation is 1. The molecule has 2 aromatic heterocycles. The van der Waals surface area contributed by atoms with E-state index in [1.54, 1.807) is 4.90 Å². The van der Waals surface area contributed by atoms with Crippen LogP contribution in [0.1, 0.15) is 24.4 Å². The van der Waals surface area contributed by atoms with Crippen molar-refractivity contribution < 1.29 is 13.2 Å². The fraction of sp³-hybridized carbons (Fsp3) is 0.400. The van der Waals surface area contributed by atoms with Crippen LogP contribution in [0.5, 0.6) is 0 Å². The maximum absolute atomic E-state index is 13.0. The zero-order chi connectivity index (χ0) is 20.9. The molecule has 4 heterocycles. The van der Waals surface area contributed by atoms with Gasteiger partial charge in [0, 0.05) is 12.2 Å². The second-order valence-electron chi connectivity index (χ2n) is 7.84. The molecule has 1 aromatic carbocycles. The van der Waals surface area contributed by atoms with Crippen LogP contribution in [0.3, 0.4) is 0 Å². The smallest absolute Gasteiger partial charge is 0.264 e. The normalized spacial score (nSPS) is 20.4. The Morgan fingerprint density at radius 2 is 2.07 bits per heavy atom. The van der Waals surface area contributed by atoms with Gasteiger partial charge in [-0.15, -0.1) is 0 Å². The molecule has 1 fully saturated rings. The predicted octanol–water partition coefficient (Wildman–Crippen LogP) is 0.932. The van der Waals surface area contributed by atoms with E-state index < -0.39 is 9.84 Å². The number of para-hydroxylation sites is 1. The van der Waals surface area contributed by atoms with Gasteiger partial charge in [0.25, 0.3) is 5.56 Å². The van der Waals surface area contributed by atoms with Gasteiger partial charge in [0.1, 0.15) is 18.3 Å². The molecule has 1 atom stereocenters. The first kappa shape index (κ1) is 19.0. The molecule has 0 spiro atoms. The van der Waals surface area contributed by atoms with Crippen molar-refractivity contribution in [3.63, 3.8) is 0 Å². The molecule has 30 heavy (non-hydrogen) atoms. The van der Waals surface area contributed by atoms with E-state index in [4.69, 9.17) is 0 Å². The van der Waals surface area contributed by atoms with Gasteiger partial charge in [-0.3, -0.25) is 14.2 Å². The summed E-state index contributed by atoms with van der Waals surface area (Å²) in [7, 11) is -3.08. The molecule has 1 amide bonds. The monoisotopic (exact) mass is 427 g/mol. The van der Waals surface area contributed by atoms with Gasteiger partial charge in [-0.05, 0) is 30.9 Å². The van der Waals surface area contributed by atoms with Crippen molar-refractivity contribution in [1.82, 2.24) is 19.3 Å². The largest absolute Gasteiger partial charge is 0.311 e. The van der Waals surface area contributed by atoms with Gasteiger partial charge in [-0.1, -0.05) is 18.2 Å². The van der Waals surface area contributed by atoms with Crippen molar-refractivity contribution in [3.8, 4) is 0 Å². The lowest BCUT2D eigenvalue weighted by molar-refractivity contribution is -0.119. The number of nitrogens with zero attached hydrogens (tertiary/aromatic N) is 5. The Bertz CT molecular complexity index is 1310. The van der Waals surface area contributed by atoms with E-state index in [0.29, 0.717) is 18.6 Å². The van der Waals surface area contributed by atoms with Gasteiger partial charge in [0.2, 0.25) is 5.91 Å². The van der Waals surface area contributed by atoms with Gasteiger partial charge >= 0.3 is 0 Å². The van der Waals surface area contributed by atoms with Crippen molar-refractivity contribution in [2.24, 2.45) is 0 Å². The number of rotatable bonds is 3. The summed E-state index contributed by atoms with van der Waals surface area (Å²) >= 11 is 0. The van der Waals surface area contributed by atoms with Crippen LogP contribution in [0.2, 0.25) is 0 Å². The van der Waals surface area contributed by atoms with Crippen molar-refractivity contribution in [3.05, 3.63) is 52.7 Å². The molecule has 0 bridgehead atoms. The van der Waals surface area contributed by atoms with Crippen LogP contribution in [0.25, 0.3) is 11.0 Å². The highest BCUT2D eigenvalue weighted by Crippen LogP contribution is 2.27. The van der Waals surface area contributed by atoms with Gasteiger partial charge in [0.05, 0.1) is 23.7 Å². The van der Waals surface area contributed by atoms with E-state index in [9.17, 15) is 18.0 Å². The van der Waals surface area contributed by atoms with Gasteiger partial charge in [-0.25, -0.2) is 18.1 Å². The molecular weight excluding hydrogens is 406 g/mol. The number of fused-ring (bicyclic) bond motifs is 2. The minimum Gasteiger partial charge on any atom is -0.311 e. The van der Waals surface area contributed by atoms with Crippen LogP contribution in [0.15, 0.2) is 41.6 Å². The summed E-state index contributed by atoms with van der Waals surface area (Å²) in [6.45, 7) is 0.507. The number of hydrogen-bond acceptors (Lipinski definition) is 6. The van der Waals surface area contributed by atoms with Crippen LogP contribution < -0.4 is 10.5 Å². The number of sulfone groups is 1. The molecule has 3 aromatic rings. The van der Waals surface area contributed by atoms with Gasteiger partial charge in [-0.2, -0.15) is 5.10 Å². The van der Waals surface area contributed by atoms with Crippen molar-refractivity contribution in [1.29, 1.82) is 0 Å². The zero-order valence-corrected chi connectivity index (χ0v) is 17.1. The Balaban J connectivity index is 1.43. The maximum Gasteiger partial charge on any atom is 0.264 e. The molecule has 9 nitrogen and oxygen atoms in total. The van der Waals surface area contributed by atoms with Crippen molar-refractivity contribution in [2.45, 2.75) is 31.8 Å². The third-order valence-corrected chi connectivity index (χ3v) is 7.60. The molecule has 10 heteroatoms. The Kier molecular flexibility index (Phi) is 4.46. The summed E-state index contributed by atoms with van der Waals surface area (Å²) in [5.41, 5.74) is 2.02. The summed E-state index contributed by atoms with van der Waals surface area (Å²) in [5.74, 6) is -0.0526. The second-order valence-corrected chi connectivity index (χ2v) is 10.1. The number of amides is 1. The second kappa shape index (κ2) is 7.05. The van der Waals surface area contributed by atoms with Crippen LogP contribution in [0, 0.1) is 0 Å². The molecule has 2 aliphatic rings. The van der Waals surface area contributed by atoms with E-state index in [1.807, 2.05) is 24.3 Å². The molecule has 0 radical (unpaired) electrons. The SMILES string of the molecule is O=C(Cn1cnc2c(cnn2C2CCS(=O)(=O)C2)c1=O)N1CCCc2ccccc21. The van der Waals surface area contributed by atoms with Gasteiger partial charge < -0.3 is 4.90 Å². The minimum atomic E-state index is -3.08. The summed E-state index contributed by atoms with van der Waals surface area (Å²) in [6.07, 6.45) is 5.03. The number of hydrogen-bond donors (Lipinski definition) is 0. The average Bonchev–Trinajstić information content (AvgIpc) is 3.32. The fourth-order valence-corrected chi connectivity index (χ4v) is 6.03. The highest BCUT2D eigenvalue weighted by atomic mass is 32.2. The maximum atomic E-state index is 13.0. The van der Waals surface area contributed by atoms with E-state index in [1.165, 1.54) is 21.8 Å². The predicted molar refractivity (Wildman–Crippen MR) is 111 cm³/mol. The van der Waals surface area contributed by atoms with Crippen LogP contribution >= 0.6 is 0 Å². The number of aromatic nitrogens is 4. The molecule has 2 aliphatic heterocycles. The van der Waals surface area contributed by atoms with Crippen molar-refractivity contribution in [2.75, 3.05) is 23.0 Å². The molecule has 1 saturated heterocycles. The molecule has 5 rings (SSSR count). The third kappa shape index (κ3) is 3.20. The first-order valence-corrected chi connectivity index (χ1v) is 11.8. The highest BCUT2D eigenvalue weighted by molar-refractivity contribution is 7.91. The molecule has 1 unspecified atom stereocenters. The Labute approximate surface area is 172 Å². The topological polar surface area (TPSA) is 107 Å². The van der Waals surface area contributed by atoms with E-state index >= 15 is 0 Å². The lowest BCUT2D eigenvalue weighted by atomic mass is 10.0. The van der Waals surface area contributed by atoms with Crippen LogP contribution in [0.4, 0.5) is 5.69 Å².